The molecule has 2 heterocycles. The molecular weight excluding hydrogens is 374 g/mol. The minimum absolute atomic E-state index is 0.0579. The minimum Gasteiger partial charge on any atom is -0.370 e. The van der Waals surface area contributed by atoms with Crippen molar-refractivity contribution < 1.29 is 13.2 Å². The number of ether oxygens (including phenoxy) is 1. The number of aromatic nitrogens is 2. The molecule has 1 aliphatic rings. The fourth-order valence-electron chi connectivity index (χ4n) is 3.03. The maximum Gasteiger partial charge on any atom is 0.262 e. The van der Waals surface area contributed by atoms with Gasteiger partial charge >= 0.3 is 0 Å². The van der Waals surface area contributed by atoms with E-state index in [0.29, 0.717) is 16.2 Å². The van der Waals surface area contributed by atoms with Gasteiger partial charge in [0, 0.05) is 6.61 Å². The van der Waals surface area contributed by atoms with Gasteiger partial charge in [-0.15, -0.1) is 0 Å². The molecule has 0 amide bonds. The largest absolute Gasteiger partial charge is 0.370 e. The number of nitrogens with one attached hydrogen (secondary N) is 2. The minimum atomic E-state index is -3.76. The van der Waals surface area contributed by atoms with Crippen LogP contribution in [-0.4, -0.2) is 25.0 Å². The summed E-state index contributed by atoms with van der Waals surface area (Å²) in [5.41, 5.74) is 1.72. The number of fused-ring (bicyclic) bond motifs is 1. The molecule has 4 rings (SSSR count). The number of halogens is 1. The van der Waals surface area contributed by atoms with E-state index in [1.807, 2.05) is 0 Å². The number of sulfonamides is 1. The molecule has 3 aromatic rings. The highest BCUT2D eigenvalue weighted by molar-refractivity contribution is 7.92. The van der Waals surface area contributed by atoms with E-state index in [0.717, 1.165) is 37.2 Å². The molecule has 0 bridgehead atoms. The number of nitrogens with zero attached hydrogens (tertiary/aromatic N) is 1. The second kappa shape index (κ2) is 6.90. The Labute approximate surface area is 156 Å². The van der Waals surface area contributed by atoms with Gasteiger partial charge < -0.3 is 9.72 Å². The first-order chi connectivity index (χ1) is 12.5. The van der Waals surface area contributed by atoms with Crippen molar-refractivity contribution >= 4 is 38.3 Å². The van der Waals surface area contributed by atoms with Crippen LogP contribution in [-0.2, 0) is 14.8 Å². The second-order valence-electron chi connectivity index (χ2n) is 6.24. The van der Waals surface area contributed by atoms with E-state index in [2.05, 4.69) is 14.7 Å². The quantitative estimate of drug-likeness (QED) is 0.696. The Kier molecular flexibility index (Phi) is 4.60. The standard InChI is InChI=1S/C18H18ClN3O3S/c19-13-5-1-2-6-14(13)22-26(23,24)12-8-9-15-16(11-12)21-18(20-15)17-7-3-4-10-25-17/h1-2,5-6,8-9,11,17,22H,3-4,7,10H2,(H,20,21). The first-order valence-electron chi connectivity index (χ1n) is 8.41. The molecule has 0 saturated carbocycles. The molecule has 0 aliphatic carbocycles. The maximum absolute atomic E-state index is 12.7. The third-order valence-electron chi connectivity index (χ3n) is 4.39. The van der Waals surface area contributed by atoms with Crippen molar-refractivity contribution in [3.05, 3.63) is 53.3 Å². The molecule has 1 fully saturated rings. The molecule has 1 atom stereocenters. The summed E-state index contributed by atoms with van der Waals surface area (Å²) in [7, 11) is -3.76. The average Bonchev–Trinajstić information content (AvgIpc) is 3.07. The van der Waals surface area contributed by atoms with Crippen LogP contribution in [0.15, 0.2) is 47.4 Å². The van der Waals surface area contributed by atoms with Crippen molar-refractivity contribution in [2.75, 3.05) is 11.3 Å². The second-order valence-corrected chi connectivity index (χ2v) is 8.33. The SMILES string of the molecule is O=S(=O)(Nc1ccccc1Cl)c1ccc2[nH]c(C3CCCCO3)nc2c1. The smallest absolute Gasteiger partial charge is 0.262 e. The lowest BCUT2D eigenvalue weighted by molar-refractivity contribution is 0.0101. The summed E-state index contributed by atoms with van der Waals surface area (Å²) in [6.07, 6.45) is 3.02. The monoisotopic (exact) mass is 391 g/mol. The number of H-pyrrole nitrogens is 1. The zero-order valence-corrected chi connectivity index (χ0v) is 15.5. The van der Waals surface area contributed by atoms with Crippen molar-refractivity contribution in [1.29, 1.82) is 0 Å². The van der Waals surface area contributed by atoms with E-state index in [1.165, 1.54) is 0 Å². The van der Waals surface area contributed by atoms with Crippen LogP contribution in [0, 0.1) is 0 Å². The van der Waals surface area contributed by atoms with Crippen LogP contribution < -0.4 is 4.72 Å². The van der Waals surface area contributed by atoms with Crippen LogP contribution in [0.1, 0.15) is 31.2 Å². The summed E-state index contributed by atoms with van der Waals surface area (Å²) < 4.78 is 33.6. The van der Waals surface area contributed by atoms with E-state index in [-0.39, 0.29) is 11.0 Å². The summed E-state index contributed by atoms with van der Waals surface area (Å²) in [6, 6.07) is 11.5. The van der Waals surface area contributed by atoms with Crippen molar-refractivity contribution in [2.45, 2.75) is 30.3 Å². The van der Waals surface area contributed by atoms with Crippen molar-refractivity contribution in [1.82, 2.24) is 9.97 Å². The highest BCUT2D eigenvalue weighted by Gasteiger charge is 2.21. The summed E-state index contributed by atoms with van der Waals surface area (Å²) in [5, 5.41) is 0.341. The molecule has 8 heteroatoms. The number of hydrogen-bond acceptors (Lipinski definition) is 4. The van der Waals surface area contributed by atoms with Gasteiger partial charge in [0.25, 0.3) is 10.0 Å². The molecule has 26 heavy (non-hydrogen) atoms. The molecule has 0 spiro atoms. The Bertz CT molecular complexity index is 1040. The third kappa shape index (κ3) is 3.42. The van der Waals surface area contributed by atoms with E-state index in [4.69, 9.17) is 16.3 Å². The van der Waals surface area contributed by atoms with Crippen LogP contribution >= 0.6 is 11.6 Å². The fraction of sp³-hybridized carbons (Fsp3) is 0.278. The number of hydrogen-bond donors (Lipinski definition) is 2. The highest BCUT2D eigenvalue weighted by Crippen LogP contribution is 2.29. The van der Waals surface area contributed by atoms with Gasteiger partial charge in [-0.1, -0.05) is 23.7 Å². The number of imidazole rings is 1. The fourth-order valence-corrected chi connectivity index (χ4v) is 4.37. The molecule has 2 aromatic carbocycles. The summed E-state index contributed by atoms with van der Waals surface area (Å²) in [6.45, 7) is 0.725. The Morgan fingerprint density at radius 1 is 1.19 bits per heavy atom. The Balaban J connectivity index is 1.65. The topological polar surface area (TPSA) is 84.1 Å². The normalized spacial score (nSPS) is 18.1. The first kappa shape index (κ1) is 17.3. The molecule has 1 aliphatic heterocycles. The Morgan fingerprint density at radius 2 is 2.04 bits per heavy atom. The molecule has 1 unspecified atom stereocenters. The van der Waals surface area contributed by atoms with E-state index in [1.54, 1.807) is 42.5 Å². The van der Waals surface area contributed by atoms with Gasteiger partial charge in [-0.2, -0.15) is 0 Å². The van der Waals surface area contributed by atoms with Crippen LogP contribution in [0.3, 0.4) is 0 Å². The molecular formula is C18H18ClN3O3S. The van der Waals surface area contributed by atoms with Gasteiger partial charge in [-0.25, -0.2) is 13.4 Å². The third-order valence-corrected chi connectivity index (χ3v) is 6.08. The van der Waals surface area contributed by atoms with Crippen molar-refractivity contribution in [2.24, 2.45) is 0 Å². The van der Waals surface area contributed by atoms with Crippen LogP contribution in [0.25, 0.3) is 11.0 Å². The predicted molar refractivity (Wildman–Crippen MR) is 101 cm³/mol. The molecule has 136 valence electrons. The Hall–Kier alpha value is -2.09. The van der Waals surface area contributed by atoms with Gasteiger partial charge in [0.2, 0.25) is 0 Å². The number of aromatic amines is 1. The molecule has 1 aromatic heterocycles. The number of benzene rings is 2. The summed E-state index contributed by atoms with van der Waals surface area (Å²) in [5.74, 6) is 0.744. The van der Waals surface area contributed by atoms with E-state index < -0.39 is 10.0 Å². The van der Waals surface area contributed by atoms with Crippen molar-refractivity contribution in [3.8, 4) is 0 Å². The molecule has 0 radical (unpaired) electrons. The van der Waals surface area contributed by atoms with Gasteiger partial charge in [0.05, 0.1) is 26.6 Å². The number of para-hydroxylation sites is 1. The van der Waals surface area contributed by atoms with Crippen LogP contribution in [0.5, 0.6) is 0 Å². The van der Waals surface area contributed by atoms with E-state index in [9.17, 15) is 8.42 Å². The average molecular weight is 392 g/mol. The zero-order chi connectivity index (χ0) is 18.1. The molecule has 6 nitrogen and oxygen atoms in total. The van der Waals surface area contributed by atoms with E-state index >= 15 is 0 Å². The van der Waals surface area contributed by atoms with Gasteiger partial charge in [0.15, 0.2) is 0 Å². The summed E-state index contributed by atoms with van der Waals surface area (Å²) in [4.78, 5) is 7.90. The number of anilines is 1. The lowest BCUT2D eigenvalue weighted by atomic mass is 10.1. The number of rotatable bonds is 4. The maximum atomic E-state index is 12.7. The van der Waals surface area contributed by atoms with Crippen LogP contribution in [0.4, 0.5) is 5.69 Å². The van der Waals surface area contributed by atoms with Gasteiger partial charge in [-0.05, 0) is 49.6 Å². The first-order valence-corrected chi connectivity index (χ1v) is 10.3. The highest BCUT2D eigenvalue weighted by atomic mass is 35.5. The van der Waals surface area contributed by atoms with Gasteiger partial charge in [0.1, 0.15) is 11.9 Å². The van der Waals surface area contributed by atoms with Crippen LogP contribution in [0.2, 0.25) is 5.02 Å². The lowest BCUT2D eigenvalue weighted by Crippen LogP contribution is -2.13. The predicted octanol–water partition coefficient (Wildman–Crippen LogP) is 4.26. The Morgan fingerprint density at radius 3 is 2.81 bits per heavy atom. The lowest BCUT2D eigenvalue weighted by Gasteiger charge is -2.20. The molecule has 1 saturated heterocycles. The molecule has 2 N–H and O–H groups in total. The van der Waals surface area contributed by atoms with Crippen molar-refractivity contribution in [3.63, 3.8) is 0 Å². The zero-order valence-electron chi connectivity index (χ0n) is 13.9. The summed E-state index contributed by atoms with van der Waals surface area (Å²) >= 11 is 6.04. The van der Waals surface area contributed by atoms with Gasteiger partial charge in [-0.3, -0.25) is 4.72 Å².